The Morgan fingerprint density at radius 2 is 1.80 bits per heavy atom. The molecule has 0 unspecified atom stereocenters. The Morgan fingerprint density at radius 1 is 1.02 bits per heavy atom. The number of aromatic amines is 1. The van der Waals surface area contributed by atoms with Crippen LogP contribution in [0.1, 0.15) is 46.5 Å². The number of aromatic nitrogens is 8. The molecule has 7 rings (SSSR count). The van der Waals surface area contributed by atoms with E-state index in [-0.39, 0.29) is 24.9 Å². The van der Waals surface area contributed by atoms with Gasteiger partial charge in [-0.15, -0.1) is 10.2 Å². The number of carbonyl (C=O) groups excluding carboxylic acids is 3. The summed E-state index contributed by atoms with van der Waals surface area (Å²) in [7, 11) is 1.63. The summed E-state index contributed by atoms with van der Waals surface area (Å²) in [6, 6.07) is 21.1. The number of anilines is 2. The van der Waals surface area contributed by atoms with Crippen LogP contribution in [0.4, 0.5) is 11.5 Å². The number of hydrogen-bond acceptors (Lipinski definition) is 13. The van der Waals surface area contributed by atoms with Crippen molar-refractivity contribution in [1.82, 2.24) is 50.8 Å². The van der Waals surface area contributed by atoms with Gasteiger partial charge in [0.15, 0.2) is 22.1 Å². The molecule has 3 aromatic carbocycles. The average molecular weight is 849 g/mol. The number of rotatable bonds is 16. The standard InChI is InChI=1S/C41H41ClN12O5S/c1-3-22-60-41-47-36(35-38(48-41)54(52-50-35)24-28-12-15-29(42)16-13-28)44-19-21-58-20-18-43-34(55)17-14-26-8-10-27(11-9-26)23-33-46-37(51-49-33)39(56)45-30-25-59-32-7-5-4-6-31(32)53(2)40(30)57/h4-13,15-16,30H,3,18-25H2,1-2H3,(H,43,55)(H,45,56)(H,44,47,48)(H,46,49,51)/t30-/m0/s1. The maximum atomic E-state index is 13.0. The second kappa shape index (κ2) is 19.9. The number of amides is 3. The number of fused-ring (bicyclic) bond motifs is 2. The Bertz CT molecular complexity index is 2520. The highest BCUT2D eigenvalue weighted by molar-refractivity contribution is 7.99. The van der Waals surface area contributed by atoms with Gasteiger partial charge in [0.1, 0.15) is 24.2 Å². The number of nitrogens with one attached hydrogen (secondary N) is 4. The highest BCUT2D eigenvalue weighted by Gasteiger charge is 2.31. The molecule has 0 aliphatic carbocycles. The van der Waals surface area contributed by atoms with Crippen molar-refractivity contribution in [2.45, 2.75) is 37.5 Å². The SMILES string of the molecule is CCCSc1nc(NCCOCCNC(=O)C#Cc2ccc(Cc3nc(C(=O)N[C@H]4COc5ccccc5N(C)C4=O)n[nH]3)cc2)c2nnn(Cc3ccc(Cl)cc3)c2n1. The smallest absolute Gasteiger partial charge is 0.296 e. The van der Waals surface area contributed by atoms with Crippen molar-refractivity contribution in [3.05, 3.63) is 106 Å². The van der Waals surface area contributed by atoms with E-state index in [1.165, 1.54) is 4.90 Å². The van der Waals surface area contributed by atoms with Crippen LogP contribution >= 0.6 is 23.4 Å². The average Bonchev–Trinajstić information content (AvgIpc) is 3.88. The van der Waals surface area contributed by atoms with Crippen LogP contribution < -0.4 is 25.6 Å². The summed E-state index contributed by atoms with van der Waals surface area (Å²) >= 11 is 7.62. The number of benzene rings is 3. The fraction of sp³-hybridized carbons (Fsp3) is 0.293. The third-order valence-corrected chi connectivity index (χ3v) is 10.3. The lowest BCUT2D eigenvalue weighted by Crippen LogP contribution is -2.49. The van der Waals surface area contributed by atoms with E-state index in [2.05, 4.69) is 65.2 Å². The fourth-order valence-corrected chi connectivity index (χ4v) is 6.81. The summed E-state index contributed by atoms with van der Waals surface area (Å²) < 4.78 is 13.2. The molecule has 1 atom stereocenters. The molecule has 0 spiro atoms. The predicted octanol–water partition coefficient (Wildman–Crippen LogP) is 3.88. The van der Waals surface area contributed by atoms with E-state index >= 15 is 0 Å². The number of thioether (sulfide) groups is 1. The molecule has 0 saturated heterocycles. The summed E-state index contributed by atoms with van der Waals surface area (Å²) in [5.41, 5.74) is 4.37. The van der Waals surface area contributed by atoms with Crippen LogP contribution in [0.25, 0.3) is 11.2 Å². The monoisotopic (exact) mass is 848 g/mol. The molecule has 0 radical (unpaired) electrons. The normalized spacial score (nSPS) is 13.5. The molecule has 4 N–H and O–H groups in total. The molecule has 17 nitrogen and oxygen atoms in total. The third kappa shape index (κ3) is 10.7. The molecule has 1 aliphatic rings. The minimum Gasteiger partial charge on any atom is -0.489 e. The van der Waals surface area contributed by atoms with Crippen LogP contribution in [-0.2, 0) is 27.3 Å². The highest BCUT2D eigenvalue weighted by atomic mass is 35.5. The predicted molar refractivity (Wildman–Crippen MR) is 226 cm³/mol. The molecule has 3 amide bonds. The van der Waals surface area contributed by atoms with Crippen LogP contribution in [0.2, 0.25) is 5.02 Å². The number of para-hydroxylation sites is 2. The molecular formula is C41H41ClN12O5S. The van der Waals surface area contributed by atoms with Gasteiger partial charge in [-0.25, -0.2) is 19.6 Å². The molecule has 1 aliphatic heterocycles. The maximum Gasteiger partial charge on any atom is 0.296 e. The van der Waals surface area contributed by atoms with E-state index in [4.69, 9.17) is 26.1 Å². The molecular weight excluding hydrogens is 808 g/mol. The van der Waals surface area contributed by atoms with Gasteiger partial charge in [-0.05, 0) is 53.9 Å². The first-order chi connectivity index (χ1) is 29.2. The van der Waals surface area contributed by atoms with Crippen LogP contribution in [-0.4, -0.2) is 110 Å². The molecule has 308 valence electrons. The van der Waals surface area contributed by atoms with Gasteiger partial charge in [0.25, 0.3) is 17.7 Å². The Hall–Kier alpha value is -6.55. The molecule has 3 aromatic heterocycles. The number of H-pyrrole nitrogens is 1. The van der Waals surface area contributed by atoms with Crippen molar-refractivity contribution in [2.24, 2.45) is 0 Å². The molecule has 6 aromatic rings. The number of halogens is 1. The number of likely N-dealkylation sites (N-methyl/N-ethyl adjacent to an activating group) is 1. The van der Waals surface area contributed by atoms with Gasteiger partial charge in [-0.3, -0.25) is 19.5 Å². The van der Waals surface area contributed by atoms with Gasteiger partial charge in [0.05, 0.1) is 25.4 Å². The van der Waals surface area contributed by atoms with Gasteiger partial charge >= 0.3 is 0 Å². The van der Waals surface area contributed by atoms with E-state index < -0.39 is 17.9 Å². The molecule has 4 heterocycles. The fourth-order valence-electron chi connectivity index (χ4n) is 5.99. The third-order valence-electron chi connectivity index (χ3n) is 9.04. The zero-order chi connectivity index (χ0) is 41.8. The second-order valence-electron chi connectivity index (χ2n) is 13.5. The van der Waals surface area contributed by atoms with Crippen LogP contribution in [0, 0.1) is 11.8 Å². The van der Waals surface area contributed by atoms with Gasteiger partial charge in [0.2, 0.25) is 5.82 Å². The lowest BCUT2D eigenvalue weighted by atomic mass is 10.1. The Morgan fingerprint density at radius 3 is 2.62 bits per heavy atom. The van der Waals surface area contributed by atoms with E-state index in [9.17, 15) is 14.4 Å². The summed E-state index contributed by atoms with van der Waals surface area (Å²) in [6.07, 6.45) is 1.35. The van der Waals surface area contributed by atoms with E-state index in [0.717, 1.165) is 23.3 Å². The quantitative estimate of drug-likeness (QED) is 0.0473. The van der Waals surface area contributed by atoms with Crippen molar-refractivity contribution in [1.29, 1.82) is 0 Å². The molecule has 0 fully saturated rings. The van der Waals surface area contributed by atoms with E-state index in [1.54, 1.807) is 47.8 Å². The summed E-state index contributed by atoms with van der Waals surface area (Å²) in [5.74, 6) is 6.50. The van der Waals surface area contributed by atoms with Crippen molar-refractivity contribution in [3.63, 3.8) is 0 Å². The minimum atomic E-state index is -0.912. The zero-order valence-corrected chi connectivity index (χ0v) is 34.3. The van der Waals surface area contributed by atoms with Crippen molar-refractivity contribution >= 4 is 63.8 Å². The number of nitrogens with zero attached hydrogens (tertiary/aromatic N) is 8. The molecule has 0 saturated carbocycles. The molecule has 60 heavy (non-hydrogen) atoms. The van der Waals surface area contributed by atoms with Gasteiger partial charge < -0.3 is 30.3 Å². The first-order valence-electron chi connectivity index (χ1n) is 19.1. The largest absolute Gasteiger partial charge is 0.489 e. The number of ether oxygens (including phenoxy) is 2. The van der Waals surface area contributed by atoms with Crippen molar-refractivity contribution in [3.8, 4) is 17.6 Å². The lowest BCUT2D eigenvalue weighted by molar-refractivity contribution is -0.120. The lowest BCUT2D eigenvalue weighted by Gasteiger charge is -2.19. The van der Waals surface area contributed by atoms with Crippen molar-refractivity contribution in [2.75, 3.05) is 55.9 Å². The summed E-state index contributed by atoms with van der Waals surface area (Å²) in [4.78, 5) is 53.5. The minimum absolute atomic E-state index is 0.0251. The van der Waals surface area contributed by atoms with Gasteiger partial charge in [0, 0.05) is 48.8 Å². The van der Waals surface area contributed by atoms with E-state index in [0.29, 0.717) is 82.7 Å². The van der Waals surface area contributed by atoms with Crippen molar-refractivity contribution < 1.29 is 23.9 Å². The summed E-state index contributed by atoms with van der Waals surface area (Å²) in [5, 5.41) is 25.5. The zero-order valence-electron chi connectivity index (χ0n) is 32.8. The molecule has 19 heteroatoms. The Balaban J connectivity index is 0.823. The number of hydrogen-bond donors (Lipinski definition) is 4. The Labute approximate surface area is 354 Å². The topological polar surface area (TPSA) is 207 Å². The maximum absolute atomic E-state index is 13.0. The van der Waals surface area contributed by atoms with Gasteiger partial charge in [-0.2, -0.15) is 0 Å². The summed E-state index contributed by atoms with van der Waals surface area (Å²) in [6.45, 7) is 3.97. The first kappa shape index (κ1) is 41.6. The van der Waals surface area contributed by atoms with E-state index in [1.807, 2.05) is 48.5 Å². The Kier molecular flexibility index (Phi) is 13.8. The highest BCUT2D eigenvalue weighted by Crippen LogP contribution is 2.30. The number of carbonyl (C=O) groups is 3. The van der Waals surface area contributed by atoms with Crippen LogP contribution in [0.15, 0.2) is 78.0 Å². The van der Waals surface area contributed by atoms with Crippen LogP contribution in [0.3, 0.4) is 0 Å². The molecule has 0 bridgehead atoms. The first-order valence-corrected chi connectivity index (χ1v) is 20.5. The second-order valence-corrected chi connectivity index (χ2v) is 15.0. The van der Waals surface area contributed by atoms with Crippen LogP contribution in [0.5, 0.6) is 5.75 Å². The van der Waals surface area contributed by atoms with Gasteiger partial charge in [-0.1, -0.05) is 77.8 Å².